The summed E-state index contributed by atoms with van der Waals surface area (Å²) in [5, 5.41) is 4.56. The van der Waals surface area contributed by atoms with E-state index in [2.05, 4.69) is 56.3 Å². The first-order valence-corrected chi connectivity index (χ1v) is 18.6. The zero-order valence-corrected chi connectivity index (χ0v) is 30.4. The van der Waals surface area contributed by atoms with Gasteiger partial charge in [0.1, 0.15) is 17.7 Å². The van der Waals surface area contributed by atoms with E-state index < -0.39 is 0 Å². The molecule has 50 heavy (non-hydrogen) atoms. The molecule has 1 aliphatic heterocycles. The summed E-state index contributed by atoms with van der Waals surface area (Å²) in [5.41, 5.74) is 4.90. The Kier molecular flexibility index (Phi) is 9.67. The third kappa shape index (κ3) is 6.75. The van der Waals surface area contributed by atoms with Gasteiger partial charge in [0, 0.05) is 43.6 Å². The topological polar surface area (TPSA) is 99.0 Å². The van der Waals surface area contributed by atoms with Crippen LogP contribution in [-0.2, 0) is 19.7 Å². The van der Waals surface area contributed by atoms with Gasteiger partial charge in [-0.25, -0.2) is 9.78 Å². The SMILES string of the molecule is COc1ccc(C23CCC(CN(c4cc(-c5cnn(C(C)C)c5)ccn4)C(=O)[C@H]4CC[C@H](OC(=O)N5CC(OC)C5)CC4)(CC2)CC3)cc1C. The highest BCUT2D eigenvalue weighted by atomic mass is 16.6. The van der Waals surface area contributed by atoms with E-state index in [1.807, 2.05) is 28.0 Å². The number of likely N-dealkylation sites (tertiary alicyclic amines) is 1. The van der Waals surface area contributed by atoms with Gasteiger partial charge in [0.05, 0.1) is 32.5 Å². The molecule has 0 radical (unpaired) electrons. The average Bonchev–Trinajstić information content (AvgIpc) is 3.62. The molecule has 2 amide bonds. The Balaban J connectivity index is 1.08. The van der Waals surface area contributed by atoms with Crippen LogP contribution in [0.1, 0.15) is 95.2 Å². The van der Waals surface area contributed by atoms with Crippen molar-refractivity contribution >= 4 is 17.8 Å². The molecule has 10 heteroatoms. The predicted molar refractivity (Wildman–Crippen MR) is 192 cm³/mol. The molecule has 4 saturated carbocycles. The number of nitrogens with zero attached hydrogens (tertiary/aromatic N) is 5. The third-order valence-electron chi connectivity index (χ3n) is 12.4. The van der Waals surface area contributed by atoms with Gasteiger partial charge in [-0.2, -0.15) is 5.10 Å². The second kappa shape index (κ2) is 14.0. The maximum Gasteiger partial charge on any atom is 0.410 e. The predicted octanol–water partition coefficient (Wildman–Crippen LogP) is 7.49. The molecule has 0 spiro atoms. The molecule has 5 aliphatic rings. The summed E-state index contributed by atoms with van der Waals surface area (Å²) in [4.78, 5) is 35.9. The molecule has 5 fully saturated rings. The summed E-state index contributed by atoms with van der Waals surface area (Å²) in [7, 11) is 3.40. The number of hydrogen-bond acceptors (Lipinski definition) is 7. The zero-order valence-electron chi connectivity index (χ0n) is 30.4. The second-order valence-corrected chi connectivity index (χ2v) is 15.7. The van der Waals surface area contributed by atoms with Crippen LogP contribution in [0, 0.1) is 18.3 Å². The van der Waals surface area contributed by atoms with E-state index >= 15 is 0 Å². The molecular weight excluding hydrogens is 630 g/mol. The van der Waals surface area contributed by atoms with E-state index in [1.54, 1.807) is 19.1 Å². The number of aryl methyl sites for hydroxylation is 1. The largest absolute Gasteiger partial charge is 0.496 e. The molecule has 4 aliphatic carbocycles. The average molecular weight is 684 g/mol. The molecule has 8 rings (SSSR count). The molecule has 1 saturated heterocycles. The van der Waals surface area contributed by atoms with E-state index in [1.165, 1.54) is 11.1 Å². The minimum atomic E-state index is -0.272. The molecule has 2 aromatic heterocycles. The lowest BCUT2D eigenvalue weighted by molar-refractivity contribution is -0.124. The zero-order chi connectivity index (χ0) is 35.0. The number of hydrogen-bond donors (Lipinski definition) is 0. The van der Waals surface area contributed by atoms with Crippen molar-refractivity contribution in [3.05, 3.63) is 60.0 Å². The molecule has 0 N–H and O–H groups in total. The second-order valence-electron chi connectivity index (χ2n) is 15.7. The maximum absolute atomic E-state index is 14.7. The van der Waals surface area contributed by atoms with E-state index in [0.29, 0.717) is 51.1 Å². The summed E-state index contributed by atoms with van der Waals surface area (Å²) in [6.07, 6.45) is 14.9. The summed E-state index contributed by atoms with van der Waals surface area (Å²) in [6, 6.07) is 11.1. The number of carbonyl (C=O) groups excluding carboxylic acids is 2. The third-order valence-corrected chi connectivity index (χ3v) is 12.4. The summed E-state index contributed by atoms with van der Waals surface area (Å²) >= 11 is 0. The van der Waals surface area contributed by atoms with Crippen LogP contribution in [0.3, 0.4) is 0 Å². The summed E-state index contributed by atoms with van der Waals surface area (Å²) in [5.74, 6) is 1.66. The Labute approximate surface area is 296 Å². The first kappa shape index (κ1) is 34.5. The normalized spacial score (nSPS) is 26.5. The fourth-order valence-electron chi connectivity index (χ4n) is 8.87. The molecule has 0 unspecified atom stereocenters. The van der Waals surface area contributed by atoms with Gasteiger partial charge in [0.2, 0.25) is 5.91 Å². The quantitative estimate of drug-likeness (QED) is 0.218. The number of benzene rings is 1. The Morgan fingerprint density at radius 3 is 2.28 bits per heavy atom. The number of anilines is 1. The van der Waals surface area contributed by atoms with E-state index in [0.717, 1.165) is 55.4 Å². The number of ether oxygens (including phenoxy) is 3. The van der Waals surface area contributed by atoms with Crippen LogP contribution in [0.4, 0.5) is 10.6 Å². The van der Waals surface area contributed by atoms with E-state index in [4.69, 9.17) is 19.2 Å². The fraction of sp³-hybridized carbons (Fsp3) is 0.600. The van der Waals surface area contributed by atoms with Gasteiger partial charge in [0.25, 0.3) is 0 Å². The van der Waals surface area contributed by atoms with Crippen molar-refractivity contribution in [2.24, 2.45) is 11.3 Å². The van der Waals surface area contributed by atoms with Crippen LogP contribution in [0.25, 0.3) is 11.1 Å². The Bertz CT molecular complexity index is 1660. The van der Waals surface area contributed by atoms with Crippen molar-refractivity contribution < 1.29 is 23.8 Å². The van der Waals surface area contributed by atoms with Crippen molar-refractivity contribution in [2.45, 2.75) is 109 Å². The van der Waals surface area contributed by atoms with Gasteiger partial charge in [-0.1, -0.05) is 12.1 Å². The summed E-state index contributed by atoms with van der Waals surface area (Å²) < 4.78 is 18.7. The number of pyridine rings is 1. The van der Waals surface area contributed by atoms with Gasteiger partial charge in [-0.3, -0.25) is 14.4 Å². The van der Waals surface area contributed by atoms with Crippen LogP contribution < -0.4 is 9.64 Å². The van der Waals surface area contributed by atoms with Crippen LogP contribution in [0.15, 0.2) is 48.9 Å². The molecule has 1 aromatic carbocycles. The summed E-state index contributed by atoms with van der Waals surface area (Å²) in [6.45, 7) is 8.19. The molecule has 3 heterocycles. The van der Waals surface area contributed by atoms with Crippen LogP contribution in [0.5, 0.6) is 5.75 Å². The molecular formula is C40H53N5O5. The molecule has 268 valence electrons. The minimum Gasteiger partial charge on any atom is -0.496 e. The lowest BCUT2D eigenvalue weighted by atomic mass is 9.51. The van der Waals surface area contributed by atoms with Crippen molar-refractivity contribution in [1.82, 2.24) is 19.7 Å². The van der Waals surface area contributed by atoms with Gasteiger partial charge < -0.3 is 19.1 Å². The standard InChI is InChI=1S/C40H53N5O5/c1-27(2)45-23-31(22-42-45)30-12-19-41-36(21-30)44(37(46)29-6-9-33(10-7-29)50-38(47)43-24-34(25-43)48-4)26-39-13-16-40(17-14-39,18-15-39)32-8-11-35(49-5)28(3)20-32/h8,11-12,19-23,27,29,33-34H,6-7,9-10,13-18,24-26H2,1-5H3/t29-,33-,39?,40?. The van der Waals surface area contributed by atoms with E-state index in [9.17, 15) is 9.59 Å². The highest BCUT2D eigenvalue weighted by molar-refractivity contribution is 5.95. The first-order chi connectivity index (χ1) is 24.1. The maximum atomic E-state index is 14.7. The Morgan fingerprint density at radius 1 is 0.940 bits per heavy atom. The fourth-order valence-corrected chi connectivity index (χ4v) is 8.87. The van der Waals surface area contributed by atoms with Gasteiger partial charge in [-0.15, -0.1) is 0 Å². The number of methoxy groups -OCH3 is 2. The van der Waals surface area contributed by atoms with Crippen molar-refractivity contribution in [3.63, 3.8) is 0 Å². The smallest absolute Gasteiger partial charge is 0.410 e. The van der Waals surface area contributed by atoms with Gasteiger partial charge in [0.15, 0.2) is 0 Å². The van der Waals surface area contributed by atoms with Crippen molar-refractivity contribution in [3.8, 4) is 16.9 Å². The lowest BCUT2D eigenvalue weighted by Gasteiger charge is -2.55. The van der Waals surface area contributed by atoms with Gasteiger partial charge in [-0.05, 0) is 131 Å². The number of carbonyl (C=O) groups is 2. The molecule has 0 atom stereocenters. The number of aromatic nitrogens is 3. The van der Waals surface area contributed by atoms with Crippen molar-refractivity contribution in [1.29, 1.82) is 0 Å². The van der Waals surface area contributed by atoms with Gasteiger partial charge >= 0.3 is 6.09 Å². The molecule has 3 aromatic rings. The number of amides is 2. The van der Waals surface area contributed by atoms with Crippen molar-refractivity contribution in [2.75, 3.05) is 38.8 Å². The minimum absolute atomic E-state index is 0.0587. The molecule has 10 nitrogen and oxygen atoms in total. The highest BCUT2D eigenvalue weighted by Gasteiger charge is 2.51. The highest BCUT2D eigenvalue weighted by Crippen LogP contribution is 2.58. The number of rotatable bonds is 10. The van der Waals surface area contributed by atoms with Crippen LogP contribution in [-0.4, -0.2) is 77.7 Å². The lowest BCUT2D eigenvalue weighted by Crippen LogP contribution is -2.55. The Hall–Kier alpha value is -3.92. The monoisotopic (exact) mass is 683 g/mol. The van der Waals surface area contributed by atoms with Crippen LogP contribution in [0.2, 0.25) is 0 Å². The van der Waals surface area contributed by atoms with E-state index in [-0.39, 0.29) is 47.0 Å². The van der Waals surface area contributed by atoms with Crippen LogP contribution >= 0.6 is 0 Å². The first-order valence-electron chi connectivity index (χ1n) is 18.6. The number of fused-ring (bicyclic) bond motifs is 3. The molecule has 2 bridgehead atoms. The Morgan fingerprint density at radius 2 is 1.66 bits per heavy atom.